The van der Waals surface area contributed by atoms with Gasteiger partial charge < -0.3 is 10.1 Å². The molecule has 1 aliphatic rings. The van der Waals surface area contributed by atoms with Gasteiger partial charge in [-0.15, -0.1) is 0 Å². The Bertz CT molecular complexity index is 858. The van der Waals surface area contributed by atoms with Crippen LogP contribution >= 0.6 is 0 Å². The van der Waals surface area contributed by atoms with Crippen molar-refractivity contribution in [1.82, 2.24) is 25.3 Å². The zero-order chi connectivity index (χ0) is 19.4. The van der Waals surface area contributed by atoms with Gasteiger partial charge in [0, 0.05) is 24.8 Å². The lowest BCUT2D eigenvalue weighted by molar-refractivity contribution is 0.134. The first kappa shape index (κ1) is 19.1. The number of piperidine rings is 1. The first-order valence-corrected chi connectivity index (χ1v) is 9.10. The summed E-state index contributed by atoms with van der Waals surface area (Å²) < 4.78 is 1.77. The summed E-state index contributed by atoms with van der Waals surface area (Å²) in [6.07, 6.45) is 7.23. The number of aromatic nitrogens is 2. The van der Waals surface area contributed by atoms with Gasteiger partial charge in [0.25, 0.3) is 0 Å². The third kappa shape index (κ3) is 4.74. The Hall–Kier alpha value is -2.66. The van der Waals surface area contributed by atoms with Crippen molar-refractivity contribution in [2.45, 2.75) is 25.8 Å². The summed E-state index contributed by atoms with van der Waals surface area (Å²) in [4.78, 5) is 5.99. The van der Waals surface area contributed by atoms with E-state index in [4.69, 9.17) is 6.57 Å². The van der Waals surface area contributed by atoms with Crippen LogP contribution in [0, 0.1) is 18.7 Å². The minimum absolute atomic E-state index is 0.0748. The second kappa shape index (κ2) is 8.35. The van der Waals surface area contributed by atoms with E-state index in [9.17, 15) is 5.21 Å². The molecule has 2 aromatic rings. The number of rotatable bonds is 5. The molecule has 1 N–H and O–H groups in total. The molecule has 1 fully saturated rings. The van der Waals surface area contributed by atoms with Crippen LogP contribution in [-0.4, -0.2) is 46.0 Å². The number of hydrogen-bond donors (Lipinski definition) is 1. The van der Waals surface area contributed by atoms with E-state index >= 15 is 0 Å². The van der Waals surface area contributed by atoms with Gasteiger partial charge in [-0.05, 0) is 62.7 Å². The lowest BCUT2D eigenvalue weighted by atomic mass is 10.0. The smallest absolute Gasteiger partial charge is 0.396 e. The number of hydrazine groups is 1. The van der Waals surface area contributed by atoms with Crippen LogP contribution in [0.15, 0.2) is 36.4 Å². The number of aryl methyl sites for hydroxylation is 2. The molecule has 0 atom stereocenters. The van der Waals surface area contributed by atoms with E-state index in [1.807, 2.05) is 38.5 Å². The van der Waals surface area contributed by atoms with Crippen LogP contribution in [0.1, 0.15) is 24.0 Å². The zero-order valence-electron chi connectivity index (χ0n) is 16.1. The monoisotopic (exact) mass is 366 g/mol. The van der Waals surface area contributed by atoms with Crippen LogP contribution in [-0.2, 0) is 7.05 Å². The predicted molar refractivity (Wildman–Crippen MR) is 109 cm³/mol. The van der Waals surface area contributed by atoms with Crippen molar-refractivity contribution in [3.05, 3.63) is 57.6 Å². The first-order chi connectivity index (χ1) is 13.0. The van der Waals surface area contributed by atoms with Crippen LogP contribution < -0.4 is 5.43 Å². The van der Waals surface area contributed by atoms with E-state index in [1.165, 1.54) is 0 Å². The fraction of sp³-hybridized carbons (Fsp3) is 0.400. The average molecular weight is 366 g/mol. The third-order valence-electron chi connectivity index (χ3n) is 4.99. The molecule has 0 spiro atoms. The van der Waals surface area contributed by atoms with Gasteiger partial charge in [-0.25, -0.2) is 5.17 Å². The van der Waals surface area contributed by atoms with Gasteiger partial charge in [0.2, 0.25) is 0 Å². The Kier molecular flexibility index (Phi) is 5.91. The van der Waals surface area contributed by atoms with Gasteiger partial charge in [-0.3, -0.25) is 4.68 Å². The highest BCUT2D eigenvalue weighted by atomic mass is 16.5. The summed E-state index contributed by atoms with van der Waals surface area (Å²) in [5.41, 5.74) is 6.90. The standard InChI is InChI=1S/C20H26N6O/c1-15-5-6-16(18-13-22-25(4)14-18)11-17(15)12-20(21-2)23-26(27)19-7-9-24(3)10-8-19/h2,5-6,11-14,19,23H,7-10H2,1,3-4H3/b20-12+. The van der Waals surface area contributed by atoms with E-state index < -0.39 is 0 Å². The topological polar surface area (TPSA) is 63.8 Å². The van der Waals surface area contributed by atoms with Gasteiger partial charge in [0.1, 0.15) is 6.57 Å². The fourth-order valence-electron chi connectivity index (χ4n) is 3.23. The zero-order valence-corrected chi connectivity index (χ0v) is 16.1. The fourth-order valence-corrected chi connectivity index (χ4v) is 3.23. The van der Waals surface area contributed by atoms with Crippen LogP contribution in [0.5, 0.6) is 0 Å². The van der Waals surface area contributed by atoms with E-state index in [0.717, 1.165) is 53.4 Å². The van der Waals surface area contributed by atoms with Gasteiger partial charge in [0.15, 0.2) is 0 Å². The Morgan fingerprint density at radius 2 is 2.07 bits per heavy atom. The molecule has 142 valence electrons. The number of likely N-dealkylation sites (tertiary alicyclic amines) is 1. The average Bonchev–Trinajstić information content (AvgIpc) is 3.09. The molecule has 0 amide bonds. The second-order valence-electron chi connectivity index (χ2n) is 7.10. The van der Waals surface area contributed by atoms with Gasteiger partial charge in [-0.1, -0.05) is 12.1 Å². The molecule has 1 saturated heterocycles. The molecule has 27 heavy (non-hydrogen) atoms. The predicted octanol–water partition coefficient (Wildman–Crippen LogP) is 3.06. The van der Waals surface area contributed by atoms with Crippen molar-refractivity contribution in [1.29, 1.82) is 0 Å². The van der Waals surface area contributed by atoms with Crippen LogP contribution in [0.25, 0.3) is 22.0 Å². The lowest BCUT2D eigenvalue weighted by Crippen LogP contribution is -2.46. The minimum atomic E-state index is -0.0748. The molecule has 0 aliphatic carbocycles. The molecule has 1 aliphatic heterocycles. The molecular formula is C20H26N6O. The largest absolute Gasteiger partial charge is 0.750 e. The van der Waals surface area contributed by atoms with Crippen LogP contribution in [0.3, 0.4) is 0 Å². The number of benzene rings is 1. The minimum Gasteiger partial charge on any atom is -0.750 e. The van der Waals surface area contributed by atoms with Crippen molar-refractivity contribution in [3.63, 3.8) is 0 Å². The van der Waals surface area contributed by atoms with Crippen molar-refractivity contribution >= 4 is 6.08 Å². The number of hydrogen-bond acceptors (Lipinski definition) is 5. The maximum Gasteiger partial charge on any atom is 0.396 e. The molecule has 3 rings (SSSR count). The first-order valence-electron chi connectivity index (χ1n) is 9.10. The molecule has 7 nitrogen and oxygen atoms in total. The molecule has 2 heterocycles. The van der Waals surface area contributed by atoms with Gasteiger partial charge >= 0.3 is 5.82 Å². The third-order valence-corrected chi connectivity index (χ3v) is 4.99. The molecule has 0 unspecified atom stereocenters. The molecule has 1 aromatic heterocycles. The van der Waals surface area contributed by atoms with Crippen molar-refractivity contribution < 1.29 is 0 Å². The summed E-state index contributed by atoms with van der Waals surface area (Å²) in [6, 6.07) is 6.06. The van der Waals surface area contributed by atoms with E-state index in [0.29, 0.717) is 5.82 Å². The van der Waals surface area contributed by atoms with Crippen LogP contribution in [0.2, 0.25) is 0 Å². The molecular weight excluding hydrogens is 340 g/mol. The Labute approximate surface area is 160 Å². The SMILES string of the molecule is C#[N+]/C(=C\c1cc(-c2cnn(C)c2)ccc1C)NN([O-])C1CCN(C)CC1. The highest BCUT2D eigenvalue weighted by molar-refractivity contribution is 5.69. The molecule has 7 heteroatoms. The normalized spacial score (nSPS) is 16.5. The number of nitrogens with one attached hydrogen (secondary N) is 1. The van der Waals surface area contributed by atoms with Crippen molar-refractivity contribution in [2.24, 2.45) is 7.05 Å². The summed E-state index contributed by atoms with van der Waals surface area (Å²) >= 11 is 0. The summed E-state index contributed by atoms with van der Waals surface area (Å²) in [5.74, 6) is 0.343. The number of nitrogens with zero attached hydrogens (tertiary/aromatic N) is 5. The highest BCUT2D eigenvalue weighted by Crippen LogP contribution is 2.23. The van der Waals surface area contributed by atoms with Crippen molar-refractivity contribution in [3.8, 4) is 17.7 Å². The maximum absolute atomic E-state index is 12.5. The second-order valence-corrected chi connectivity index (χ2v) is 7.10. The maximum atomic E-state index is 12.5. The Balaban J connectivity index is 1.78. The van der Waals surface area contributed by atoms with Gasteiger partial charge in [-0.2, -0.15) is 15.4 Å². The Morgan fingerprint density at radius 1 is 1.33 bits per heavy atom. The summed E-state index contributed by atoms with van der Waals surface area (Å²) in [7, 11) is 3.96. The Morgan fingerprint density at radius 3 is 2.70 bits per heavy atom. The van der Waals surface area contributed by atoms with E-state index in [-0.39, 0.29) is 6.04 Å². The lowest BCUT2D eigenvalue weighted by Gasteiger charge is -2.37. The van der Waals surface area contributed by atoms with Crippen LogP contribution in [0.4, 0.5) is 0 Å². The summed E-state index contributed by atoms with van der Waals surface area (Å²) in [5, 5.41) is 17.6. The molecule has 1 aromatic carbocycles. The quantitative estimate of drug-likeness (QED) is 0.824. The highest BCUT2D eigenvalue weighted by Gasteiger charge is 2.21. The molecule has 0 saturated carbocycles. The van der Waals surface area contributed by atoms with Crippen molar-refractivity contribution in [2.75, 3.05) is 20.1 Å². The summed E-state index contributed by atoms with van der Waals surface area (Å²) in [6.45, 7) is 9.37. The molecule has 0 bridgehead atoms. The molecule has 0 radical (unpaired) electrons. The van der Waals surface area contributed by atoms with E-state index in [2.05, 4.69) is 33.4 Å². The van der Waals surface area contributed by atoms with E-state index in [1.54, 1.807) is 10.8 Å². The van der Waals surface area contributed by atoms with Gasteiger partial charge in [0.05, 0.1) is 12.3 Å². The number of hydroxylamine groups is 1.